The number of aryl methyl sites for hydroxylation is 2. The van der Waals surface area contributed by atoms with Gasteiger partial charge in [-0.3, -0.25) is 9.59 Å². The van der Waals surface area contributed by atoms with Crippen molar-refractivity contribution in [1.29, 1.82) is 0 Å². The van der Waals surface area contributed by atoms with Crippen LogP contribution in [-0.4, -0.2) is 15.7 Å². The first-order chi connectivity index (χ1) is 10.5. The van der Waals surface area contributed by atoms with Gasteiger partial charge in [-0.2, -0.15) is 5.10 Å². The Morgan fingerprint density at radius 2 is 2.00 bits per heavy atom. The number of carbonyl (C=O) groups is 1. The minimum absolute atomic E-state index is 0.123. The van der Waals surface area contributed by atoms with Gasteiger partial charge in [0.1, 0.15) is 5.69 Å². The fourth-order valence-corrected chi connectivity index (χ4v) is 2.36. The number of benzene rings is 1. The molecule has 1 unspecified atom stereocenters. The van der Waals surface area contributed by atoms with Crippen molar-refractivity contribution < 1.29 is 4.79 Å². The summed E-state index contributed by atoms with van der Waals surface area (Å²) in [6.07, 6.45) is 0.789. The highest BCUT2D eigenvalue weighted by Crippen LogP contribution is 2.16. The van der Waals surface area contributed by atoms with E-state index in [4.69, 9.17) is 0 Å². The smallest absolute Gasteiger partial charge is 0.272 e. The van der Waals surface area contributed by atoms with Crippen molar-refractivity contribution in [2.45, 2.75) is 39.8 Å². The Morgan fingerprint density at radius 3 is 2.68 bits per heavy atom. The van der Waals surface area contributed by atoms with Crippen LogP contribution in [0.25, 0.3) is 0 Å². The van der Waals surface area contributed by atoms with Gasteiger partial charge in [0.2, 0.25) is 0 Å². The number of hydrogen-bond donors (Lipinski definition) is 1. The summed E-state index contributed by atoms with van der Waals surface area (Å²) in [7, 11) is 0. The zero-order valence-corrected chi connectivity index (χ0v) is 13.2. The van der Waals surface area contributed by atoms with Crippen LogP contribution < -0.4 is 10.9 Å². The molecular formula is C17H21N3O2. The molecule has 5 nitrogen and oxygen atoms in total. The Morgan fingerprint density at radius 1 is 1.27 bits per heavy atom. The second kappa shape index (κ2) is 7.02. The summed E-state index contributed by atoms with van der Waals surface area (Å²) in [6, 6.07) is 10.6. The number of nitrogens with one attached hydrogen (secondary N) is 1. The first-order valence-electron chi connectivity index (χ1n) is 7.47. The minimum atomic E-state index is -0.277. The third-order valence-electron chi connectivity index (χ3n) is 3.54. The average Bonchev–Trinajstić information content (AvgIpc) is 2.50. The molecule has 0 aliphatic rings. The Labute approximate surface area is 130 Å². The molecule has 1 aromatic heterocycles. The molecule has 0 aliphatic carbocycles. The van der Waals surface area contributed by atoms with Crippen LogP contribution in [0, 0.1) is 6.92 Å². The van der Waals surface area contributed by atoms with E-state index in [-0.39, 0.29) is 23.2 Å². The van der Waals surface area contributed by atoms with Crippen molar-refractivity contribution >= 4 is 5.91 Å². The number of carbonyl (C=O) groups excluding carboxylic acids is 1. The lowest BCUT2D eigenvalue weighted by Crippen LogP contribution is -2.31. The van der Waals surface area contributed by atoms with E-state index < -0.39 is 0 Å². The van der Waals surface area contributed by atoms with E-state index in [2.05, 4.69) is 10.4 Å². The Hall–Kier alpha value is -2.43. The molecule has 0 spiro atoms. The standard InChI is InChI=1S/C17H21N3O2/c1-4-11-20-16(21)10-9-15(19-20)17(22)18-13(3)14-8-6-5-7-12(14)2/h5-10,13H,4,11H2,1-3H3,(H,18,22). The van der Waals surface area contributed by atoms with E-state index in [1.165, 1.54) is 16.8 Å². The largest absolute Gasteiger partial charge is 0.344 e. The maximum Gasteiger partial charge on any atom is 0.272 e. The van der Waals surface area contributed by atoms with Gasteiger partial charge in [-0.05, 0) is 37.5 Å². The molecule has 5 heteroatoms. The number of nitrogens with zero attached hydrogens (tertiary/aromatic N) is 2. The van der Waals surface area contributed by atoms with Crippen LogP contribution in [0.4, 0.5) is 0 Å². The molecule has 0 saturated heterocycles. The van der Waals surface area contributed by atoms with Crippen molar-refractivity contribution in [2.75, 3.05) is 0 Å². The van der Waals surface area contributed by atoms with Gasteiger partial charge < -0.3 is 5.32 Å². The average molecular weight is 299 g/mol. The van der Waals surface area contributed by atoms with E-state index in [9.17, 15) is 9.59 Å². The fraction of sp³-hybridized carbons (Fsp3) is 0.353. The molecule has 1 heterocycles. The van der Waals surface area contributed by atoms with Crippen molar-refractivity contribution in [1.82, 2.24) is 15.1 Å². The molecule has 22 heavy (non-hydrogen) atoms. The van der Waals surface area contributed by atoms with E-state index in [1.54, 1.807) is 0 Å². The zero-order valence-electron chi connectivity index (χ0n) is 13.2. The van der Waals surface area contributed by atoms with Crippen molar-refractivity contribution in [3.63, 3.8) is 0 Å². The van der Waals surface area contributed by atoms with Crippen LogP contribution in [0.15, 0.2) is 41.2 Å². The molecule has 0 aliphatic heterocycles. The maximum absolute atomic E-state index is 12.3. The van der Waals surface area contributed by atoms with Gasteiger partial charge in [0.05, 0.1) is 6.04 Å². The van der Waals surface area contributed by atoms with Crippen molar-refractivity contribution in [2.24, 2.45) is 0 Å². The molecule has 0 radical (unpaired) electrons. The first kappa shape index (κ1) is 15.9. The highest BCUT2D eigenvalue weighted by molar-refractivity contribution is 5.92. The van der Waals surface area contributed by atoms with Gasteiger partial charge in [-0.25, -0.2) is 4.68 Å². The van der Waals surface area contributed by atoms with Crippen LogP contribution in [0.2, 0.25) is 0 Å². The third-order valence-corrected chi connectivity index (χ3v) is 3.54. The summed E-state index contributed by atoms with van der Waals surface area (Å²) in [5.74, 6) is -0.277. The summed E-state index contributed by atoms with van der Waals surface area (Å²) < 4.78 is 1.33. The Balaban J connectivity index is 2.17. The molecule has 1 atom stereocenters. The minimum Gasteiger partial charge on any atom is -0.344 e. The quantitative estimate of drug-likeness (QED) is 0.922. The zero-order chi connectivity index (χ0) is 16.1. The number of amides is 1. The lowest BCUT2D eigenvalue weighted by molar-refractivity contribution is 0.0932. The van der Waals surface area contributed by atoms with E-state index in [0.717, 1.165) is 17.5 Å². The second-order valence-corrected chi connectivity index (χ2v) is 5.33. The molecular weight excluding hydrogens is 278 g/mol. The van der Waals surface area contributed by atoms with E-state index in [1.807, 2.05) is 45.0 Å². The normalized spacial score (nSPS) is 12.0. The topological polar surface area (TPSA) is 64.0 Å². The molecule has 0 saturated carbocycles. The van der Waals surface area contributed by atoms with E-state index >= 15 is 0 Å². The van der Waals surface area contributed by atoms with Crippen molar-refractivity contribution in [3.8, 4) is 0 Å². The Kier molecular flexibility index (Phi) is 5.09. The predicted molar refractivity (Wildman–Crippen MR) is 85.8 cm³/mol. The van der Waals surface area contributed by atoms with Crippen LogP contribution in [0.3, 0.4) is 0 Å². The second-order valence-electron chi connectivity index (χ2n) is 5.33. The predicted octanol–water partition coefficient (Wildman–Crippen LogP) is 2.45. The summed E-state index contributed by atoms with van der Waals surface area (Å²) in [5, 5.41) is 7.05. The maximum atomic E-state index is 12.3. The van der Waals surface area contributed by atoms with Crippen LogP contribution >= 0.6 is 0 Å². The highest BCUT2D eigenvalue weighted by atomic mass is 16.2. The molecule has 1 amide bonds. The number of hydrogen-bond acceptors (Lipinski definition) is 3. The van der Waals surface area contributed by atoms with Crippen molar-refractivity contribution in [3.05, 3.63) is 63.6 Å². The first-order valence-corrected chi connectivity index (χ1v) is 7.47. The van der Waals surface area contributed by atoms with Crippen LogP contribution in [0.1, 0.15) is 47.9 Å². The molecule has 0 fully saturated rings. The van der Waals surface area contributed by atoms with Gasteiger partial charge in [0.25, 0.3) is 11.5 Å². The Bertz CT molecular complexity index is 722. The summed E-state index contributed by atoms with van der Waals surface area (Å²) in [6.45, 7) is 6.41. The molecule has 1 N–H and O–H groups in total. The lowest BCUT2D eigenvalue weighted by Gasteiger charge is -2.16. The molecule has 1 aromatic carbocycles. The third kappa shape index (κ3) is 3.61. The van der Waals surface area contributed by atoms with Gasteiger partial charge in [0, 0.05) is 12.6 Å². The summed E-state index contributed by atoms with van der Waals surface area (Å²) in [4.78, 5) is 24.0. The van der Waals surface area contributed by atoms with Gasteiger partial charge in [-0.15, -0.1) is 0 Å². The number of rotatable bonds is 5. The number of aromatic nitrogens is 2. The molecule has 2 aromatic rings. The highest BCUT2D eigenvalue weighted by Gasteiger charge is 2.14. The SMILES string of the molecule is CCCn1nc(C(=O)NC(C)c2ccccc2C)ccc1=O. The van der Waals surface area contributed by atoms with Gasteiger partial charge in [-0.1, -0.05) is 31.2 Å². The molecule has 0 bridgehead atoms. The fourth-order valence-electron chi connectivity index (χ4n) is 2.36. The summed E-state index contributed by atoms with van der Waals surface area (Å²) >= 11 is 0. The van der Waals surface area contributed by atoms with Gasteiger partial charge in [0.15, 0.2) is 0 Å². The summed E-state index contributed by atoms with van der Waals surface area (Å²) in [5.41, 5.74) is 2.26. The van der Waals surface area contributed by atoms with Gasteiger partial charge >= 0.3 is 0 Å². The monoisotopic (exact) mass is 299 g/mol. The van der Waals surface area contributed by atoms with E-state index in [0.29, 0.717) is 6.54 Å². The van der Waals surface area contributed by atoms with Crippen LogP contribution in [0.5, 0.6) is 0 Å². The molecule has 116 valence electrons. The lowest BCUT2D eigenvalue weighted by atomic mass is 10.0. The molecule has 2 rings (SSSR count). The van der Waals surface area contributed by atoms with Crippen LogP contribution in [-0.2, 0) is 6.54 Å².